The standard InChI is InChI=1S/C23H19Cl2F6N3O2/c1-12-5-13(3-4-17(12)20(36)32-10-19(35)34(2)23(29,30)31)18-9-21(11-33-18,22(26,27)28)14-6-15(24)8-16(25)7-14/h3-8H,9-11H2,1-2H3,(H,32,36). The third-order valence-electron chi connectivity index (χ3n) is 5.93. The second-order valence-corrected chi connectivity index (χ2v) is 9.18. The third kappa shape index (κ3) is 5.62. The highest BCUT2D eigenvalue weighted by Crippen LogP contribution is 2.48. The first-order valence-electron chi connectivity index (χ1n) is 10.3. The average molecular weight is 554 g/mol. The maximum atomic E-state index is 14.3. The van der Waals surface area contributed by atoms with Crippen LogP contribution >= 0.6 is 23.2 Å². The van der Waals surface area contributed by atoms with Gasteiger partial charge in [0, 0.05) is 34.8 Å². The number of carbonyl (C=O) groups excluding carboxylic acids is 2. The zero-order chi connectivity index (χ0) is 27.1. The summed E-state index contributed by atoms with van der Waals surface area (Å²) in [5.41, 5.74) is -1.58. The van der Waals surface area contributed by atoms with Gasteiger partial charge in [0.1, 0.15) is 5.41 Å². The topological polar surface area (TPSA) is 61.8 Å². The van der Waals surface area contributed by atoms with Gasteiger partial charge in [0.15, 0.2) is 0 Å². The number of halogens is 8. The maximum Gasteiger partial charge on any atom is 0.486 e. The van der Waals surface area contributed by atoms with E-state index in [0.29, 0.717) is 18.2 Å². The first-order valence-corrected chi connectivity index (χ1v) is 11.1. The van der Waals surface area contributed by atoms with Gasteiger partial charge in [0.2, 0.25) is 5.91 Å². The molecule has 2 aromatic carbocycles. The van der Waals surface area contributed by atoms with Crippen LogP contribution in [0.5, 0.6) is 0 Å². The molecule has 0 saturated carbocycles. The van der Waals surface area contributed by atoms with Crippen LogP contribution in [0, 0.1) is 6.92 Å². The molecule has 1 aliphatic heterocycles. The Hall–Kier alpha value is -2.79. The Bertz CT molecular complexity index is 1210. The molecule has 5 nitrogen and oxygen atoms in total. The number of benzene rings is 2. The second-order valence-electron chi connectivity index (χ2n) is 8.31. The molecule has 0 bridgehead atoms. The molecule has 36 heavy (non-hydrogen) atoms. The summed E-state index contributed by atoms with van der Waals surface area (Å²) in [6.07, 6.45) is -10.0. The molecule has 0 fully saturated rings. The summed E-state index contributed by atoms with van der Waals surface area (Å²) in [4.78, 5) is 27.7. The number of aliphatic imine (C=N–C) groups is 1. The normalized spacial score (nSPS) is 18.1. The van der Waals surface area contributed by atoms with E-state index in [1.807, 2.05) is 0 Å². The highest BCUT2D eigenvalue weighted by molar-refractivity contribution is 6.34. The first kappa shape index (κ1) is 27.8. The summed E-state index contributed by atoms with van der Waals surface area (Å²) in [5, 5.41) is 2.22. The number of carbonyl (C=O) groups is 2. The number of rotatable bonds is 5. The molecular formula is C23H19Cl2F6N3O2. The van der Waals surface area contributed by atoms with Crippen LogP contribution in [0.3, 0.4) is 0 Å². The number of nitrogens with one attached hydrogen (secondary N) is 1. The van der Waals surface area contributed by atoms with E-state index < -0.39 is 54.1 Å². The number of likely N-dealkylation sites (N-methyl/N-ethyl adjacent to an activating group) is 1. The highest BCUT2D eigenvalue weighted by atomic mass is 35.5. The largest absolute Gasteiger partial charge is 0.486 e. The summed E-state index contributed by atoms with van der Waals surface area (Å²) in [6.45, 7) is 0.0308. The highest BCUT2D eigenvalue weighted by Gasteiger charge is 2.58. The van der Waals surface area contributed by atoms with Crippen molar-refractivity contribution in [3.63, 3.8) is 0 Å². The average Bonchev–Trinajstić information content (AvgIpc) is 3.22. The minimum Gasteiger partial charge on any atom is -0.343 e. The predicted molar refractivity (Wildman–Crippen MR) is 123 cm³/mol. The van der Waals surface area contributed by atoms with Gasteiger partial charge in [-0.2, -0.15) is 13.2 Å². The second kappa shape index (κ2) is 9.93. The fraction of sp³-hybridized carbons (Fsp3) is 0.348. The van der Waals surface area contributed by atoms with Gasteiger partial charge in [-0.05, 0) is 53.9 Å². The lowest BCUT2D eigenvalue weighted by Gasteiger charge is -2.31. The number of alkyl halides is 6. The van der Waals surface area contributed by atoms with Crippen LogP contribution in [0.4, 0.5) is 26.3 Å². The van der Waals surface area contributed by atoms with E-state index in [2.05, 4.69) is 10.3 Å². The van der Waals surface area contributed by atoms with Crippen molar-refractivity contribution in [2.24, 2.45) is 4.99 Å². The fourth-order valence-electron chi connectivity index (χ4n) is 3.81. The van der Waals surface area contributed by atoms with Crippen molar-refractivity contribution in [3.8, 4) is 0 Å². The van der Waals surface area contributed by atoms with Crippen LogP contribution in [0.25, 0.3) is 0 Å². The summed E-state index contributed by atoms with van der Waals surface area (Å²) in [7, 11) is 0.537. The van der Waals surface area contributed by atoms with Gasteiger partial charge in [0.25, 0.3) is 5.91 Å². The molecule has 1 heterocycles. The van der Waals surface area contributed by atoms with Gasteiger partial charge in [-0.25, -0.2) is 0 Å². The molecule has 0 saturated heterocycles. The molecule has 13 heteroatoms. The van der Waals surface area contributed by atoms with Crippen molar-refractivity contribution in [2.75, 3.05) is 20.1 Å². The van der Waals surface area contributed by atoms with E-state index in [4.69, 9.17) is 23.2 Å². The van der Waals surface area contributed by atoms with Gasteiger partial charge < -0.3 is 5.32 Å². The van der Waals surface area contributed by atoms with E-state index in [-0.39, 0.29) is 26.9 Å². The lowest BCUT2D eigenvalue weighted by Crippen LogP contribution is -2.45. The fourth-order valence-corrected chi connectivity index (χ4v) is 4.33. The molecule has 0 radical (unpaired) electrons. The SMILES string of the molecule is Cc1cc(C2=NCC(c3cc(Cl)cc(Cl)c3)(C(F)(F)F)C2)ccc1C(=O)NCC(=O)N(C)C(F)(F)F. The molecule has 2 amide bonds. The van der Waals surface area contributed by atoms with Crippen molar-refractivity contribution in [2.45, 2.75) is 31.2 Å². The van der Waals surface area contributed by atoms with Crippen molar-refractivity contribution >= 4 is 40.7 Å². The van der Waals surface area contributed by atoms with E-state index in [9.17, 15) is 35.9 Å². The summed E-state index contributed by atoms with van der Waals surface area (Å²) < 4.78 is 80.5. The van der Waals surface area contributed by atoms with Crippen LogP contribution in [-0.2, 0) is 10.2 Å². The van der Waals surface area contributed by atoms with Crippen LogP contribution in [0.15, 0.2) is 41.4 Å². The Kier molecular flexibility index (Phi) is 7.67. The molecule has 2 aromatic rings. The Morgan fingerprint density at radius 1 is 1.06 bits per heavy atom. The van der Waals surface area contributed by atoms with E-state index in [1.54, 1.807) is 0 Å². The minimum absolute atomic E-state index is 0.0449. The van der Waals surface area contributed by atoms with Crippen LogP contribution in [0.2, 0.25) is 10.0 Å². The van der Waals surface area contributed by atoms with Crippen molar-refractivity contribution in [1.82, 2.24) is 10.2 Å². The number of hydrogen-bond donors (Lipinski definition) is 1. The van der Waals surface area contributed by atoms with Crippen LogP contribution < -0.4 is 5.32 Å². The number of amides is 2. The maximum absolute atomic E-state index is 14.3. The molecule has 1 unspecified atom stereocenters. The van der Waals surface area contributed by atoms with Crippen LogP contribution in [-0.4, -0.2) is 55.0 Å². The molecule has 0 aliphatic carbocycles. The Morgan fingerprint density at radius 2 is 1.67 bits per heavy atom. The van der Waals surface area contributed by atoms with E-state index >= 15 is 0 Å². The zero-order valence-electron chi connectivity index (χ0n) is 18.8. The summed E-state index contributed by atoms with van der Waals surface area (Å²) >= 11 is 11.9. The lowest BCUT2D eigenvalue weighted by atomic mass is 9.76. The molecule has 3 rings (SSSR count). The molecule has 0 spiro atoms. The monoisotopic (exact) mass is 553 g/mol. The lowest BCUT2D eigenvalue weighted by molar-refractivity contribution is -0.232. The van der Waals surface area contributed by atoms with Crippen molar-refractivity contribution < 1.29 is 35.9 Å². The smallest absolute Gasteiger partial charge is 0.343 e. The Labute approximate surface area is 212 Å². The van der Waals surface area contributed by atoms with Crippen molar-refractivity contribution in [1.29, 1.82) is 0 Å². The number of nitrogens with zero attached hydrogens (tertiary/aromatic N) is 2. The molecule has 0 aromatic heterocycles. The third-order valence-corrected chi connectivity index (χ3v) is 6.36. The first-order chi connectivity index (χ1) is 16.5. The Morgan fingerprint density at radius 3 is 2.19 bits per heavy atom. The molecule has 1 aliphatic rings. The summed E-state index contributed by atoms with van der Waals surface area (Å²) in [5.74, 6) is -2.18. The molecule has 194 valence electrons. The van der Waals surface area contributed by atoms with E-state index in [0.717, 1.165) is 0 Å². The van der Waals surface area contributed by atoms with Crippen LogP contribution in [0.1, 0.15) is 33.5 Å². The predicted octanol–water partition coefficient (Wildman–Crippen LogP) is 5.70. The quantitative estimate of drug-likeness (QED) is 0.381. The summed E-state index contributed by atoms with van der Waals surface area (Å²) in [6, 6.07) is 7.89. The van der Waals surface area contributed by atoms with E-state index in [1.165, 1.54) is 43.3 Å². The van der Waals surface area contributed by atoms with Gasteiger partial charge in [-0.15, -0.1) is 13.2 Å². The zero-order valence-corrected chi connectivity index (χ0v) is 20.3. The van der Waals surface area contributed by atoms with Gasteiger partial charge in [-0.3, -0.25) is 19.5 Å². The minimum atomic E-state index is -4.89. The number of aryl methyl sites for hydroxylation is 1. The van der Waals surface area contributed by atoms with Gasteiger partial charge in [-0.1, -0.05) is 29.3 Å². The van der Waals surface area contributed by atoms with Gasteiger partial charge >= 0.3 is 12.5 Å². The molecule has 1 atom stereocenters. The Balaban J connectivity index is 1.80. The number of hydrogen-bond acceptors (Lipinski definition) is 3. The van der Waals surface area contributed by atoms with Crippen molar-refractivity contribution in [3.05, 3.63) is 68.7 Å². The molecule has 1 N–H and O–H groups in total. The molecular weight excluding hydrogens is 535 g/mol. The van der Waals surface area contributed by atoms with Gasteiger partial charge in [0.05, 0.1) is 13.1 Å².